The maximum absolute atomic E-state index is 13.5. The van der Waals surface area contributed by atoms with Gasteiger partial charge in [0.05, 0.1) is 8.49 Å². The average molecular weight is 425 g/mol. The minimum atomic E-state index is -0.602. The van der Waals surface area contributed by atoms with Crippen LogP contribution in [0.25, 0.3) is 0 Å². The molecule has 0 bridgehead atoms. The maximum Gasteiger partial charge on any atom is 0.407 e. The van der Waals surface area contributed by atoms with Gasteiger partial charge in [0.25, 0.3) is 5.69 Å². The van der Waals surface area contributed by atoms with E-state index < -0.39 is 22.4 Å². The molecule has 2 N–H and O–H groups in total. The number of anilines is 1. The number of carbonyl (C=O) groups is 1. The second kappa shape index (κ2) is 7.56. The van der Waals surface area contributed by atoms with Gasteiger partial charge in [0.2, 0.25) is 0 Å². The Hall–Kier alpha value is -1.65. The fourth-order valence-corrected chi connectivity index (χ4v) is 1.96. The number of benzene rings is 1. The number of amides is 1. The molecule has 0 aromatic heterocycles. The number of nitro groups is 1. The van der Waals surface area contributed by atoms with E-state index in [9.17, 15) is 19.3 Å². The lowest BCUT2D eigenvalue weighted by molar-refractivity contribution is -0.384. The molecule has 1 aromatic carbocycles. The standard InChI is InChI=1S/C13H17FIN3O4/c1-13(2,3)22-12(19)17-5-4-16-10-6-8(14)9(15)7-11(10)18(20)21/h6-7,16H,4-5H2,1-3H3,(H,17,19). The molecular weight excluding hydrogens is 408 g/mol. The highest BCUT2D eigenvalue weighted by atomic mass is 127. The van der Waals surface area contributed by atoms with Gasteiger partial charge < -0.3 is 15.4 Å². The van der Waals surface area contributed by atoms with Crippen molar-refractivity contribution in [1.82, 2.24) is 5.32 Å². The molecule has 0 atom stereocenters. The van der Waals surface area contributed by atoms with Crippen molar-refractivity contribution < 1.29 is 18.8 Å². The van der Waals surface area contributed by atoms with Crippen molar-refractivity contribution in [3.05, 3.63) is 31.6 Å². The first-order chi connectivity index (χ1) is 10.1. The summed E-state index contributed by atoms with van der Waals surface area (Å²) in [7, 11) is 0. The highest BCUT2D eigenvalue weighted by molar-refractivity contribution is 14.1. The second-order valence-electron chi connectivity index (χ2n) is 5.40. The van der Waals surface area contributed by atoms with Crippen LogP contribution >= 0.6 is 22.6 Å². The third-order valence-corrected chi connectivity index (χ3v) is 3.17. The van der Waals surface area contributed by atoms with Crippen LogP contribution in [-0.2, 0) is 4.74 Å². The number of alkyl carbamates (subject to hydrolysis) is 1. The highest BCUT2D eigenvalue weighted by Crippen LogP contribution is 2.28. The zero-order valence-corrected chi connectivity index (χ0v) is 14.6. The van der Waals surface area contributed by atoms with Crippen LogP contribution in [-0.4, -0.2) is 29.7 Å². The lowest BCUT2D eigenvalue weighted by Gasteiger charge is -2.19. The van der Waals surface area contributed by atoms with Crippen LogP contribution in [0.15, 0.2) is 12.1 Å². The van der Waals surface area contributed by atoms with Gasteiger partial charge >= 0.3 is 6.09 Å². The molecule has 1 aromatic rings. The Morgan fingerprint density at radius 1 is 1.41 bits per heavy atom. The van der Waals surface area contributed by atoms with Gasteiger partial charge in [0, 0.05) is 25.2 Å². The van der Waals surface area contributed by atoms with E-state index in [2.05, 4.69) is 10.6 Å². The van der Waals surface area contributed by atoms with Crippen molar-refractivity contribution in [2.75, 3.05) is 18.4 Å². The summed E-state index contributed by atoms with van der Waals surface area (Å²) in [6.07, 6.45) is -0.586. The van der Waals surface area contributed by atoms with Crippen molar-refractivity contribution in [3.8, 4) is 0 Å². The predicted octanol–water partition coefficient (Wildman–Crippen LogP) is 3.28. The number of nitrogens with zero attached hydrogens (tertiary/aromatic N) is 1. The first-order valence-electron chi connectivity index (χ1n) is 6.44. The molecule has 122 valence electrons. The zero-order chi connectivity index (χ0) is 16.9. The average Bonchev–Trinajstić information content (AvgIpc) is 2.35. The molecule has 0 spiro atoms. The molecule has 0 saturated heterocycles. The normalized spacial score (nSPS) is 11.0. The second-order valence-corrected chi connectivity index (χ2v) is 6.56. The number of hydrogen-bond donors (Lipinski definition) is 2. The van der Waals surface area contributed by atoms with Gasteiger partial charge in [-0.25, -0.2) is 9.18 Å². The van der Waals surface area contributed by atoms with Crippen molar-refractivity contribution in [3.63, 3.8) is 0 Å². The third-order valence-electron chi connectivity index (χ3n) is 2.34. The van der Waals surface area contributed by atoms with Gasteiger partial charge in [-0.15, -0.1) is 0 Å². The lowest BCUT2D eigenvalue weighted by atomic mass is 10.2. The quantitative estimate of drug-likeness (QED) is 0.327. The van der Waals surface area contributed by atoms with Gasteiger partial charge in [0.1, 0.15) is 17.1 Å². The van der Waals surface area contributed by atoms with Crippen LogP contribution in [0.2, 0.25) is 0 Å². The van der Waals surface area contributed by atoms with Crippen LogP contribution < -0.4 is 10.6 Å². The van der Waals surface area contributed by atoms with E-state index in [0.29, 0.717) is 0 Å². The molecule has 0 heterocycles. The molecule has 0 aliphatic heterocycles. The van der Waals surface area contributed by atoms with E-state index in [4.69, 9.17) is 4.74 Å². The molecule has 9 heteroatoms. The number of carbonyl (C=O) groups excluding carboxylic acids is 1. The van der Waals surface area contributed by atoms with E-state index in [-0.39, 0.29) is 28.0 Å². The van der Waals surface area contributed by atoms with Crippen LogP contribution in [0.1, 0.15) is 20.8 Å². The summed E-state index contributed by atoms with van der Waals surface area (Å²) in [5, 5.41) is 16.2. The van der Waals surface area contributed by atoms with Crippen LogP contribution in [0.5, 0.6) is 0 Å². The fourth-order valence-electron chi connectivity index (χ4n) is 1.50. The Kier molecular flexibility index (Phi) is 6.33. The smallest absolute Gasteiger partial charge is 0.407 e. The first-order valence-corrected chi connectivity index (χ1v) is 7.52. The minimum absolute atomic E-state index is 0.0638. The summed E-state index contributed by atoms with van der Waals surface area (Å²) < 4.78 is 18.7. The van der Waals surface area contributed by atoms with Crippen LogP contribution in [0.4, 0.5) is 20.6 Å². The van der Waals surface area contributed by atoms with E-state index in [1.54, 1.807) is 43.4 Å². The Labute approximate surface area is 140 Å². The summed E-state index contributed by atoms with van der Waals surface area (Å²) in [4.78, 5) is 21.8. The van der Waals surface area contributed by atoms with Gasteiger partial charge in [-0.1, -0.05) is 0 Å². The zero-order valence-electron chi connectivity index (χ0n) is 12.4. The molecule has 0 radical (unpaired) electrons. The number of nitro benzene ring substituents is 1. The van der Waals surface area contributed by atoms with Gasteiger partial charge in [-0.3, -0.25) is 10.1 Å². The third kappa shape index (κ3) is 6.00. The predicted molar refractivity (Wildman–Crippen MR) is 88.5 cm³/mol. The molecule has 0 unspecified atom stereocenters. The summed E-state index contributed by atoms with van der Waals surface area (Å²) >= 11 is 1.69. The van der Waals surface area contributed by atoms with Crippen LogP contribution in [0.3, 0.4) is 0 Å². The number of ether oxygens (including phenoxy) is 1. The molecule has 0 aliphatic rings. The monoisotopic (exact) mass is 425 g/mol. The summed E-state index contributed by atoms with van der Waals surface area (Å²) in [6, 6.07) is 2.22. The molecule has 0 aliphatic carbocycles. The number of rotatable bonds is 5. The van der Waals surface area contributed by atoms with Crippen molar-refractivity contribution in [1.29, 1.82) is 0 Å². The van der Waals surface area contributed by atoms with Crippen molar-refractivity contribution >= 4 is 40.1 Å². The molecule has 1 amide bonds. The number of nitrogens with one attached hydrogen (secondary N) is 2. The van der Waals surface area contributed by atoms with Gasteiger partial charge in [-0.2, -0.15) is 0 Å². The Morgan fingerprint density at radius 2 is 2.05 bits per heavy atom. The summed E-state index contributed by atoms with van der Waals surface area (Å²) in [6.45, 7) is 5.59. The molecule has 22 heavy (non-hydrogen) atoms. The highest BCUT2D eigenvalue weighted by Gasteiger charge is 2.18. The molecule has 0 saturated carbocycles. The Balaban J connectivity index is 2.57. The Morgan fingerprint density at radius 3 is 2.59 bits per heavy atom. The SMILES string of the molecule is CC(C)(C)OC(=O)NCCNc1cc(F)c(I)cc1[N+](=O)[O-]. The number of halogens is 2. The number of hydrogen-bond acceptors (Lipinski definition) is 5. The Bertz CT molecular complexity index is 575. The lowest BCUT2D eigenvalue weighted by Crippen LogP contribution is -2.35. The topological polar surface area (TPSA) is 93.5 Å². The summed E-state index contributed by atoms with van der Waals surface area (Å²) in [5.74, 6) is -0.547. The van der Waals surface area contributed by atoms with E-state index in [1.165, 1.54) is 0 Å². The summed E-state index contributed by atoms with van der Waals surface area (Å²) in [5.41, 5.74) is -0.757. The molecule has 7 nitrogen and oxygen atoms in total. The molecule has 0 fully saturated rings. The molecular formula is C13H17FIN3O4. The van der Waals surface area contributed by atoms with E-state index in [1.807, 2.05) is 0 Å². The maximum atomic E-state index is 13.5. The largest absolute Gasteiger partial charge is 0.444 e. The fraction of sp³-hybridized carbons (Fsp3) is 0.462. The minimum Gasteiger partial charge on any atom is -0.444 e. The van der Waals surface area contributed by atoms with Crippen molar-refractivity contribution in [2.45, 2.75) is 26.4 Å². The van der Waals surface area contributed by atoms with E-state index in [0.717, 1.165) is 12.1 Å². The van der Waals surface area contributed by atoms with E-state index >= 15 is 0 Å². The van der Waals surface area contributed by atoms with Gasteiger partial charge in [-0.05, 0) is 43.4 Å². The first kappa shape index (κ1) is 18.4. The van der Waals surface area contributed by atoms with Crippen LogP contribution in [0, 0.1) is 19.5 Å². The molecule has 1 rings (SSSR count). The van der Waals surface area contributed by atoms with Crippen molar-refractivity contribution in [2.24, 2.45) is 0 Å². The van der Waals surface area contributed by atoms with Gasteiger partial charge in [0.15, 0.2) is 0 Å².